The zero-order chi connectivity index (χ0) is 16.1. The molecule has 1 aromatic carbocycles. The number of rotatable bonds is 5. The lowest BCUT2D eigenvalue weighted by molar-refractivity contribution is -0.141. The van der Waals surface area contributed by atoms with Gasteiger partial charge in [-0.3, -0.25) is 4.79 Å². The van der Waals surface area contributed by atoms with Crippen molar-refractivity contribution >= 4 is 17.7 Å². The van der Waals surface area contributed by atoms with E-state index in [-0.39, 0.29) is 18.3 Å². The predicted octanol–water partition coefficient (Wildman–Crippen LogP) is 2.27. The Balaban J connectivity index is 1.85. The molecule has 1 saturated heterocycles. The fraction of sp³-hybridized carbons (Fsp3) is 0.429. The van der Waals surface area contributed by atoms with E-state index < -0.39 is 24.9 Å². The Bertz CT molecular complexity index is 536. The summed E-state index contributed by atoms with van der Waals surface area (Å²) >= 11 is 0. The number of hydrogen-bond donors (Lipinski definition) is 2. The number of carboxylic acid groups (broad SMARTS) is 1. The molecule has 0 spiro atoms. The van der Waals surface area contributed by atoms with Crippen molar-refractivity contribution in [1.82, 2.24) is 4.90 Å². The number of nitrogens with zero attached hydrogens (tertiary/aromatic N) is 1. The Labute approximate surface area is 125 Å². The topological polar surface area (TPSA) is 78.9 Å². The van der Waals surface area contributed by atoms with Gasteiger partial charge in [0.05, 0.1) is 5.92 Å². The van der Waals surface area contributed by atoms with Crippen molar-refractivity contribution in [2.24, 2.45) is 5.92 Å². The third-order valence-corrected chi connectivity index (χ3v) is 3.31. The van der Waals surface area contributed by atoms with Crippen LogP contribution in [0, 0.1) is 5.92 Å². The summed E-state index contributed by atoms with van der Waals surface area (Å²) in [6.45, 7) is -0.120. The first-order valence-electron chi connectivity index (χ1n) is 6.75. The Morgan fingerprint density at radius 2 is 2.05 bits per heavy atom. The summed E-state index contributed by atoms with van der Waals surface area (Å²) < 4.78 is 28.8. The lowest BCUT2D eigenvalue weighted by atomic mass is 10.1. The standard InChI is InChI=1S/C14H16F2N2O4/c15-12(16)8-22-11-3-1-10(2-4-11)17-14(21)18-6-5-9(7-18)13(19)20/h1-4,9,12H,5-8H2,(H,17,21)(H,19,20). The van der Waals surface area contributed by atoms with E-state index in [2.05, 4.69) is 5.32 Å². The highest BCUT2D eigenvalue weighted by Crippen LogP contribution is 2.20. The number of ether oxygens (including phenoxy) is 1. The number of halogens is 2. The molecule has 22 heavy (non-hydrogen) atoms. The molecule has 1 fully saturated rings. The van der Waals surface area contributed by atoms with Gasteiger partial charge < -0.3 is 20.1 Å². The Morgan fingerprint density at radius 1 is 1.36 bits per heavy atom. The van der Waals surface area contributed by atoms with Crippen LogP contribution in [0.5, 0.6) is 5.75 Å². The van der Waals surface area contributed by atoms with Gasteiger partial charge in [0, 0.05) is 18.8 Å². The predicted molar refractivity (Wildman–Crippen MR) is 74.3 cm³/mol. The summed E-state index contributed by atoms with van der Waals surface area (Å²) in [7, 11) is 0. The SMILES string of the molecule is O=C(O)C1CCN(C(=O)Nc2ccc(OCC(F)F)cc2)C1. The Kier molecular flexibility index (Phi) is 5.13. The number of carbonyl (C=O) groups excluding carboxylic acids is 1. The summed E-state index contributed by atoms with van der Waals surface area (Å²) in [6.07, 6.45) is -2.11. The van der Waals surface area contributed by atoms with Gasteiger partial charge in [-0.05, 0) is 30.7 Å². The zero-order valence-electron chi connectivity index (χ0n) is 11.7. The molecule has 1 aliphatic rings. The number of amides is 2. The monoisotopic (exact) mass is 314 g/mol. The number of aliphatic carboxylic acids is 1. The number of anilines is 1. The first-order valence-corrected chi connectivity index (χ1v) is 6.75. The molecule has 0 aromatic heterocycles. The van der Waals surface area contributed by atoms with Crippen molar-refractivity contribution in [2.75, 3.05) is 25.0 Å². The van der Waals surface area contributed by atoms with Gasteiger partial charge in [0.15, 0.2) is 0 Å². The molecule has 0 radical (unpaired) electrons. The van der Waals surface area contributed by atoms with Crippen molar-refractivity contribution in [1.29, 1.82) is 0 Å². The number of hydrogen-bond acceptors (Lipinski definition) is 3. The van der Waals surface area contributed by atoms with Crippen LogP contribution in [0.4, 0.5) is 19.3 Å². The molecule has 0 bridgehead atoms. The Hall–Kier alpha value is -2.38. The number of carboxylic acids is 1. The van der Waals surface area contributed by atoms with Crippen LogP contribution in [0.3, 0.4) is 0 Å². The van der Waals surface area contributed by atoms with Crippen LogP contribution in [0.1, 0.15) is 6.42 Å². The summed E-state index contributed by atoms with van der Waals surface area (Å²) in [5, 5.41) is 11.5. The highest BCUT2D eigenvalue weighted by molar-refractivity contribution is 5.90. The molecule has 2 rings (SSSR count). The number of carbonyl (C=O) groups is 2. The second kappa shape index (κ2) is 7.06. The summed E-state index contributed by atoms with van der Waals surface area (Å²) in [5.41, 5.74) is 0.480. The average molecular weight is 314 g/mol. The summed E-state index contributed by atoms with van der Waals surface area (Å²) in [6, 6.07) is 5.63. The molecule has 8 heteroatoms. The smallest absolute Gasteiger partial charge is 0.321 e. The van der Waals surface area contributed by atoms with Gasteiger partial charge >= 0.3 is 12.0 Å². The van der Waals surface area contributed by atoms with E-state index in [1.807, 2.05) is 0 Å². The van der Waals surface area contributed by atoms with Crippen LogP contribution in [-0.2, 0) is 4.79 Å². The van der Waals surface area contributed by atoms with Crippen LogP contribution >= 0.6 is 0 Å². The highest BCUT2D eigenvalue weighted by Gasteiger charge is 2.30. The van der Waals surface area contributed by atoms with Gasteiger partial charge in [-0.2, -0.15) is 0 Å². The van der Waals surface area contributed by atoms with Crippen LogP contribution < -0.4 is 10.1 Å². The van der Waals surface area contributed by atoms with Crippen LogP contribution in [0.15, 0.2) is 24.3 Å². The Morgan fingerprint density at radius 3 is 2.59 bits per heavy atom. The first kappa shape index (κ1) is 16.0. The van der Waals surface area contributed by atoms with E-state index in [0.717, 1.165) is 0 Å². The largest absolute Gasteiger partial charge is 0.488 e. The fourth-order valence-corrected chi connectivity index (χ4v) is 2.14. The number of benzene rings is 1. The molecule has 1 atom stereocenters. The van der Waals surface area contributed by atoms with Crippen molar-refractivity contribution in [2.45, 2.75) is 12.8 Å². The summed E-state index contributed by atoms with van der Waals surface area (Å²) in [5.74, 6) is -1.16. The lowest BCUT2D eigenvalue weighted by Gasteiger charge is -2.17. The van der Waals surface area contributed by atoms with Crippen LogP contribution in [0.2, 0.25) is 0 Å². The maximum absolute atomic E-state index is 12.0. The maximum Gasteiger partial charge on any atom is 0.321 e. The van der Waals surface area contributed by atoms with Gasteiger partial charge in [-0.25, -0.2) is 13.6 Å². The third kappa shape index (κ3) is 4.31. The van der Waals surface area contributed by atoms with Gasteiger partial charge in [-0.1, -0.05) is 0 Å². The number of alkyl halides is 2. The van der Waals surface area contributed by atoms with Gasteiger partial charge in [0.2, 0.25) is 0 Å². The van der Waals surface area contributed by atoms with Crippen molar-refractivity contribution in [3.8, 4) is 5.75 Å². The molecule has 1 aromatic rings. The minimum absolute atomic E-state index is 0.177. The van der Waals surface area contributed by atoms with Crippen molar-refractivity contribution in [3.63, 3.8) is 0 Å². The van der Waals surface area contributed by atoms with E-state index in [0.29, 0.717) is 18.7 Å². The quantitative estimate of drug-likeness (QED) is 0.874. The second-order valence-corrected chi connectivity index (χ2v) is 4.93. The van der Waals surface area contributed by atoms with Crippen LogP contribution in [0.25, 0.3) is 0 Å². The number of likely N-dealkylation sites (tertiary alicyclic amines) is 1. The van der Waals surface area contributed by atoms with Gasteiger partial charge in [-0.15, -0.1) is 0 Å². The van der Waals surface area contributed by atoms with E-state index >= 15 is 0 Å². The van der Waals surface area contributed by atoms with E-state index in [9.17, 15) is 18.4 Å². The van der Waals surface area contributed by atoms with E-state index in [1.165, 1.54) is 29.2 Å². The third-order valence-electron chi connectivity index (χ3n) is 3.31. The highest BCUT2D eigenvalue weighted by atomic mass is 19.3. The lowest BCUT2D eigenvalue weighted by Crippen LogP contribution is -2.33. The average Bonchev–Trinajstić information content (AvgIpc) is 2.96. The minimum atomic E-state index is -2.54. The zero-order valence-corrected chi connectivity index (χ0v) is 11.7. The maximum atomic E-state index is 12.0. The molecule has 1 unspecified atom stereocenters. The van der Waals surface area contributed by atoms with E-state index in [4.69, 9.17) is 9.84 Å². The van der Waals surface area contributed by atoms with Gasteiger partial charge in [0.1, 0.15) is 12.4 Å². The molecular weight excluding hydrogens is 298 g/mol. The molecule has 0 saturated carbocycles. The first-order chi connectivity index (χ1) is 10.5. The number of nitrogens with one attached hydrogen (secondary N) is 1. The molecule has 6 nitrogen and oxygen atoms in total. The molecule has 1 heterocycles. The van der Waals surface area contributed by atoms with Crippen molar-refractivity contribution in [3.05, 3.63) is 24.3 Å². The van der Waals surface area contributed by atoms with Crippen molar-refractivity contribution < 1.29 is 28.2 Å². The second-order valence-electron chi connectivity index (χ2n) is 4.93. The molecule has 2 amide bonds. The fourth-order valence-electron chi connectivity index (χ4n) is 2.14. The molecule has 120 valence electrons. The van der Waals surface area contributed by atoms with Gasteiger partial charge in [0.25, 0.3) is 6.43 Å². The molecule has 1 aliphatic heterocycles. The summed E-state index contributed by atoms with van der Waals surface area (Å²) in [4.78, 5) is 24.3. The molecular formula is C14H16F2N2O4. The number of urea groups is 1. The normalized spacial score (nSPS) is 17.6. The molecule has 2 N–H and O–H groups in total. The molecule has 0 aliphatic carbocycles. The minimum Gasteiger partial charge on any atom is -0.488 e. The van der Waals surface area contributed by atoms with E-state index in [1.54, 1.807) is 0 Å². The van der Waals surface area contributed by atoms with Crippen LogP contribution in [-0.4, -0.2) is 48.1 Å².